The standard InChI is InChI=1S/C11H12N4O2S/c1-18-10-13-5-7(9(16)17)8(14-10)15-11(6-12)3-2-4-11/h5H,2-4H2,1H3,(H,16,17)(H,13,14,15). The fraction of sp³-hybridized carbons (Fsp3) is 0.455. The Morgan fingerprint density at radius 1 is 1.67 bits per heavy atom. The molecule has 0 spiro atoms. The molecule has 18 heavy (non-hydrogen) atoms. The first-order valence-electron chi connectivity index (χ1n) is 5.44. The van der Waals surface area contributed by atoms with Crippen LogP contribution >= 0.6 is 11.8 Å². The van der Waals surface area contributed by atoms with Gasteiger partial charge in [-0.15, -0.1) is 0 Å². The second kappa shape index (κ2) is 4.82. The number of rotatable bonds is 4. The number of thioether (sulfide) groups is 1. The van der Waals surface area contributed by atoms with E-state index in [1.807, 2.05) is 6.26 Å². The van der Waals surface area contributed by atoms with Crippen LogP contribution in [-0.4, -0.2) is 32.8 Å². The number of aromatic carboxylic acids is 1. The fourth-order valence-corrected chi connectivity index (χ4v) is 2.08. The van der Waals surface area contributed by atoms with Crippen LogP contribution in [0.3, 0.4) is 0 Å². The van der Waals surface area contributed by atoms with Crippen LogP contribution in [0, 0.1) is 11.3 Å². The topological polar surface area (TPSA) is 98.9 Å². The number of nitriles is 1. The smallest absolute Gasteiger partial charge is 0.341 e. The summed E-state index contributed by atoms with van der Waals surface area (Å²) in [6.07, 6.45) is 5.46. The predicted octanol–water partition coefficient (Wildman–Crippen LogP) is 1.75. The van der Waals surface area contributed by atoms with Crippen LogP contribution in [-0.2, 0) is 0 Å². The highest BCUT2D eigenvalue weighted by Crippen LogP contribution is 2.35. The Balaban J connectivity index is 2.35. The molecule has 0 saturated heterocycles. The molecule has 1 heterocycles. The molecule has 0 bridgehead atoms. The van der Waals surface area contributed by atoms with Gasteiger partial charge in [0.2, 0.25) is 0 Å². The molecule has 1 aromatic rings. The van der Waals surface area contributed by atoms with Gasteiger partial charge in [0.15, 0.2) is 5.16 Å². The number of hydrogen-bond donors (Lipinski definition) is 2. The molecule has 0 atom stereocenters. The van der Waals surface area contributed by atoms with E-state index >= 15 is 0 Å². The quantitative estimate of drug-likeness (QED) is 0.631. The summed E-state index contributed by atoms with van der Waals surface area (Å²) in [6.45, 7) is 0. The van der Waals surface area contributed by atoms with E-state index in [0.717, 1.165) is 6.42 Å². The molecule has 1 aliphatic rings. The summed E-state index contributed by atoms with van der Waals surface area (Å²) < 4.78 is 0. The normalized spacial score (nSPS) is 16.4. The van der Waals surface area contributed by atoms with E-state index in [0.29, 0.717) is 18.0 Å². The second-order valence-electron chi connectivity index (χ2n) is 4.10. The van der Waals surface area contributed by atoms with E-state index in [2.05, 4.69) is 21.4 Å². The van der Waals surface area contributed by atoms with Crippen molar-refractivity contribution in [1.29, 1.82) is 5.26 Å². The molecule has 2 N–H and O–H groups in total. The third-order valence-electron chi connectivity index (χ3n) is 2.96. The average molecular weight is 264 g/mol. The van der Waals surface area contributed by atoms with Gasteiger partial charge < -0.3 is 10.4 Å². The molecule has 0 unspecified atom stereocenters. The minimum Gasteiger partial charge on any atom is -0.477 e. The Labute approximate surface area is 108 Å². The zero-order valence-corrected chi connectivity index (χ0v) is 10.6. The number of hydrogen-bond acceptors (Lipinski definition) is 6. The van der Waals surface area contributed by atoms with E-state index in [-0.39, 0.29) is 11.4 Å². The highest BCUT2D eigenvalue weighted by Gasteiger charge is 2.38. The summed E-state index contributed by atoms with van der Waals surface area (Å²) in [5, 5.41) is 21.7. The molecule has 94 valence electrons. The zero-order chi connectivity index (χ0) is 13.2. The molecule has 0 aliphatic heterocycles. The monoisotopic (exact) mass is 264 g/mol. The lowest BCUT2D eigenvalue weighted by Crippen LogP contribution is -2.44. The van der Waals surface area contributed by atoms with Crippen molar-refractivity contribution >= 4 is 23.5 Å². The summed E-state index contributed by atoms with van der Waals surface area (Å²) >= 11 is 1.32. The first-order valence-corrected chi connectivity index (χ1v) is 6.66. The summed E-state index contributed by atoms with van der Waals surface area (Å²) in [7, 11) is 0. The van der Waals surface area contributed by atoms with Gasteiger partial charge in [-0.1, -0.05) is 11.8 Å². The van der Waals surface area contributed by atoms with E-state index < -0.39 is 11.5 Å². The number of carboxylic acids is 1. The molecular formula is C11H12N4O2S. The van der Waals surface area contributed by atoms with Crippen molar-refractivity contribution < 1.29 is 9.90 Å². The molecule has 1 aromatic heterocycles. The molecule has 1 saturated carbocycles. The Hall–Kier alpha value is -1.81. The number of aromatic nitrogens is 2. The fourth-order valence-electron chi connectivity index (χ4n) is 1.74. The molecule has 6 nitrogen and oxygen atoms in total. The predicted molar refractivity (Wildman–Crippen MR) is 66.6 cm³/mol. The first kappa shape index (κ1) is 12.6. The molecule has 1 fully saturated rings. The number of nitrogens with zero attached hydrogens (tertiary/aromatic N) is 3. The third-order valence-corrected chi connectivity index (χ3v) is 3.52. The summed E-state index contributed by atoms with van der Waals surface area (Å²) in [4.78, 5) is 19.2. The van der Waals surface area contributed by atoms with Crippen LogP contribution < -0.4 is 5.32 Å². The lowest BCUT2D eigenvalue weighted by molar-refractivity contribution is 0.0696. The minimum atomic E-state index is -1.10. The van der Waals surface area contributed by atoms with Crippen molar-refractivity contribution in [3.05, 3.63) is 11.8 Å². The third kappa shape index (κ3) is 2.24. The van der Waals surface area contributed by atoms with Gasteiger partial charge in [-0.25, -0.2) is 14.8 Å². The van der Waals surface area contributed by atoms with Crippen molar-refractivity contribution in [2.75, 3.05) is 11.6 Å². The van der Waals surface area contributed by atoms with E-state index in [4.69, 9.17) is 10.4 Å². The van der Waals surface area contributed by atoms with Crippen molar-refractivity contribution in [3.63, 3.8) is 0 Å². The van der Waals surface area contributed by atoms with Gasteiger partial charge in [-0.2, -0.15) is 5.26 Å². The lowest BCUT2D eigenvalue weighted by atomic mass is 9.78. The van der Waals surface area contributed by atoms with Crippen LogP contribution in [0.25, 0.3) is 0 Å². The molecule has 0 aromatic carbocycles. The summed E-state index contributed by atoms with van der Waals surface area (Å²) in [5.74, 6) is -0.874. The van der Waals surface area contributed by atoms with Crippen molar-refractivity contribution in [2.45, 2.75) is 30.0 Å². The average Bonchev–Trinajstić information content (AvgIpc) is 2.33. The van der Waals surface area contributed by atoms with Crippen molar-refractivity contribution in [3.8, 4) is 6.07 Å². The van der Waals surface area contributed by atoms with E-state index in [9.17, 15) is 4.79 Å². The van der Waals surface area contributed by atoms with Crippen LogP contribution in [0.2, 0.25) is 0 Å². The largest absolute Gasteiger partial charge is 0.477 e. The van der Waals surface area contributed by atoms with Crippen LogP contribution in [0.15, 0.2) is 11.4 Å². The summed E-state index contributed by atoms with van der Waals surface area (Å²) in [5.41, 5.74) is -0.678. The zero-order valence-electron chi connectivity index (χ0n) is 9.80. The van der Waals surface area contributed by atoms with Crippen LogP contribution in [0.4, 0.5) is 5.82 Å². The molecule has 7 heteroatoms. The van der Waals surface area contributed by atoms with E-state index in [1.165, 1.54) is 18.0 Å². The number of carboxylic acid groups (broad SMARTS) is 1. The molecular weight excluding hydrogens is 252 g/mol. The maximum atomic E-state index is 11.1. The maximum absolute atomic E-state index is 11.1. The van der Waals surface area contributed by atoms with Crippen molar-refractivity contribution in [2.24, 2.45) is 0 Å². The first-order chi connectivity index (χ1) is 8.60. The Morgan fingerprint density at radius 2 is 2.39 bits per heavy atom. The summed E-state index contributed by atoms with van der Waals surface area (Å²) in [6, 6.07) is 2.20. The highest BCUT2D eigenvalue weighted by atomic mass is 32.2. The van der Waals surface area contributed by atoms with E-state index in [1.54, 1.807) is 0 Å². The number of nitrogens with one attached hydrogen (secondary N) is 1. The van der Waals surface area contributed by atoms with Gasteiger partial charge in [0.1, 0.15) is 16.9 Å². The van der Waals surface area contributed by atoms with Gasteiger partial charge >= 0.3 is 5.97 Å². The highest BCUT2D eigenvalue weighted by molar-refractivity contribution is 7.98. The van der Waals surface area contributed by atoms with Crippen molar-refractivity contribution in [1.82, 2.24) is 9.97 Å². The molecule has 2 rings (SSSR count). The lowest BCUT2D eigenvalue weighted by Gasteiger charge is -2.36. The molecule has 1 aliphatic carbocycles. The van der Waals surface area contributed by atoms with Crippen LogP contribution in [0.1, 0.15) is 29.6 Å². The molecule has 0 amide bonds. The Morgan fingerprint density at radius 3 is 2.83 bits per heavy atom. The van der Waals surface area contributed by atoms with Gasteiger partial charge in [0.05, 0.1) is 6.07 Å². The SMILES string of the molecule is CSc1ncc(C(=O)O)c(NC2(C#N)CCC2)n1. The van der Waals surface area contributed by atoms with Crippen LogP contribution in [0.5, 0.6) is 0 Å². The van der Waals surface area contributed by atoms with Gasteiger partial charge in [-0.05, 0) is 25.5 Å². The Bertz CT molecular complexity index is 522. The minimum absolute atomic E-state index is 0.00525. The van der Waals surface area contributed by atoms with Gasteiger partial charge in [0, 0.05) is 6.20 Å². The second-order valence-corrected chi connectivity index (χ2v) is 4.87. The maximum Gasteiger partial charge on any atom is 0.341 e. The number of anilines is 1. The molecule has 0 radical (unpaired) electrons. The Kier molecular flexibility index (Phi) is 3.39. The number of carbonyl (C=O) groups is 1. The van der Waals surface area contributed by atoms with Gasteiger partial charge in [0.25, 0.3) is 0 Å². The van der Waals surface area contributed by atoms with Gasteiger partial charge in [-0.3, -0.25) is 0 Å².